The summed E-state index contributed by atoms with van der Waals surface area (Å²) >= 11 is 0. The highest BCUT2D eigenvalue weighted by atomic mass is 16.5. The fraction of sp³-hybridized carbons (Fsp3) is 0.417. The lowest BCUT2D eigenvalue weighted by atomic mass is 10.0. The first-order chi connectivity index (χ1) is 16.2. The van der Waals surface area contributed by atoms with Gasteiger partial charge in [-0.05, 0) is 30.3 Å². The van der Waals surface area contributed by atoms with Gasteiger partial charge in [-0.3, -0.25) is 4.98 Å². The molecule has 0 saturated heterocycles. The molecule has 5 rings (SSSR count). The normalized spacial score (nSPS) is 13.1. The number of hydrogen-bond donors (Lipinski definition) is 3. The average molecular weight is 452 g/mol. The molecule has 4 N–H and O–H groups in total. The Labute approximate surface area is 194 Å². The molecule has 0 amide bonds. The van der Waals surface area contributed by atoms with Crippen molar-refractivity contribution >= 4 is 28.3 Å². The quantitative estimate of drug-likeness (QED) is 0.426. The predicted octanol–water partition coefficient (Wildman–Crippen LogP) is 3.93. The Hall–Kier alpha value is -3.30. The zero-order valence-corrected chi connectivity index (χ0v) is 19.4. The van der Waals surface area contributed by atoms with E-state index in [4.69, 9.17) is 10.8 Å². The van der Waals surface area contributed by atoms with Crippen LogP contribution in [-0.2, 0) is 4.74 Å². The second kappa shape index (κ2) is 12.7. The number of fused-ring (bicyclic) bond motifs is 2. The van der Waals surface area contributed by atoms with Crippen molar-refractivity contribution in [3.63, 3.8) is 0 Å². The zero-order valence-electron chi connectivity index (χ0n) is 19.4. The van der Waals surface area contributed by atoms with Crippen LogP contribution in [0.5, 0.6) is 0 Å². The van der Waals surface area contributed by atoms with Gasteiger partial charge in [0, 0.05) is 32.1 Å². The maximum Gasteiger partial charge on any atom is 0.240 e. The fourth-order valence-electron chi connectivity index (χ4n) is 3.68. The molecule has 0 aliphatic heterocycles. The zero-order chi connectivity index (χ0) is 23.5. The standard InChI is InChI=1S/C15H13N7.C6H12.C3H8O2/c1-17-14-13-9(6-8-22(13)21-15(16)20-14)10-4-5-11-12(19-10)3-2-7-18-11;1-2-4-6-5-3-1;1-5-3-2-4/h2-8H,1H3,(H3,16,17,20,21);1-6H2;4H,2-3H2,1H3. The molecular formula is C24H33N7O2. The number of nitrogen functional groups attached to an aromatic ring is 1. The number of hydrogen-bond acceptors (Lipinski definition) is 8. The molecule has 0 atom stereocenters. The largest absolute Gasteiger partial charge is 0.394 e. The third-order valence-corrected chi connectivity index (χ3v) is 5.29. The number of ether oxygens (including phenoxy) is 1. The van der Waals surface area contributed by atoms with Crippen molar-refractivity contribution in [2.75, 3.05) is 38.4 Å². The number of anilines is 2. The first kappa shape index (κ1) is 24.3. The predicted molar refractivity (Wildman–Crippen MR) is 132 cm³/mol. The third-order valence-electron chi connectivity index (χ3n) is 5.29. The summed E-state index contributed by atoms with van der Waals surface area (Å²) in [6.07, 6.45) is 12.6. The number of nitrogens with zero attached hydrogens (tertiary/aromatic N) is 5. The van der Waals surface area contributed by atoms with Gasteiger partial charge in [0.25, 0.3) is 0 Å². The van der Waals surface area contributed by atoms with Crippen LogP contribution in [0.25, 0.3) is 27.8 Å². The van der Waals surface area contributed by atoms with E-state index < -0.39 is 0 Å². The van der Waals surface area contributed by atoms with Gasteiger partial charge in [-0.1, -0.05) is 38.5 Å². The summed E-state index contributed by atoms with van der Waals surface area (Å²) in [5.41, 5.74) is 10.1. The van der Waals surface area contributed by atoms with Crippen molar-refractivity contribution in [3.8, 4) is 11.3 Å². The van der Waals surface area contributed by atoms with Gasteiger partial charge in [0.1, 0.15) is 5.52 Å². The molecule has 4 aromatic rings. The smallest absolute Gasteiger partial charge is 0.240 e. The van der Waals surface area contributed by atoms with Gasteiger partial charge in [0.05, 0.1) is 29.9 Å². The summed E-state index contributed by atoms with van der Waals surface area (Å²) in [7, 11) is 3.35. The summed E-state index contributed by atoms with van der Waals surface area (Å²) in [4.78, 5) is 13.2. The van der Waals surface area contributed by atoms with E-state index in [1.165, 1.54) is 38.5 Å². The molecule has 1 aliphatic rings. The van der Waals surface area contributed by atoms with E-state index in [1.54, 1.807) is 24.9 Å². The highest BCUT2D eigenvalue weighted by Crippen LogP contribution is 2.29. The molecule has 9 heteroatoms. The second-order valence-electron chi connectivity index (χ2n) is 7.67. The summed E-state index contributed by atoms with van der Waals surface area (Å²) < 4.78 is 6.15. The Balaban J connectivity index is 0.000000231. The highest BCUT2D eigenvalue weighted by Gasteiger charge is 2.13. The second-order valence-corrected chi connectivity index (χ2v) is 7.67. The number of methoxy groups -OCH3 is 1. The van der Waals surface area contributed by atoms with E-state index in [0.29, 0.717) is 12.4 Å². The number of nitrogens with two attached hydrogens (primary N) is 1. The molecule has 33 heavy (non-hydrogen) atoms. The Morgan fingerprint density at radius 1 is 1.03 bits per heavy atom. The molecule has 4 aromatic heterocycles. The Morgan fingerprint density at radius 2 is 1.76 bits per heavy atom. The molecule has 176 valence electrons. The SMILES string of the molecule is C1CCCCC1.CNc1nc(N)nn2ccc(-c3ccc4ncccc4n3)c12.COCCO. The summed E-state index contributed by atoms with van der Waals surface area (Å²) in [5, 5.41) is 15.2. The van der Waals surface area contributed by atoms with Gasteiger partial charge < -0.3 is 20.9 Å². The summed E-state index contributed by atoms with van der Waals surface area (Å²) in [6.45, 7) is 0.566. The lowest BCUT2D eigenvalue weighted by molar-refractivity contribution is 0.135. The molecule has 1 saturated carbocycles. The number of aromatic nitrogens is 5. The third kappa shape index (κ3) is 6.59. The number of rotatable bonds is 4. The van der Waals surface area contributed by atoms with Crippen LogP contribution in [0.3, 0.4) is 0 Å². The van der Waals surface area contributed by atoms with E-state index in [0.717, 1.165) is 27.8 Å². The number of pyridine rings is 2. The minimum Gasteiger partial charge on any atom is -0.394 e. The van der Waals surface area contributed by atoms with Gasteiger partial charge in [0.2, 0.25) is 5.95 Å². The topological polar surface area (TPSA) is 123 Å². The molecule has 0 radical (unpaired) electrons. The summed E-state index contributed by atoms with van der Waals surface area (Å²) in [6, 6.07) is 9.67. The number of aliphatic hydroxyl groups is 1. The molecule has 4 heterocycles. The average Bonchev–Trinajstić information content (AvgIpc) is 3.29. The van der Waals surface area contributed by atoms with Crippen molar-refractivity contribution in [1.29, 1.82) is 0 Å². The van der Waals surface area contributed by atoms with Crippen LogP contribution >= 0.6 is 0 Å². The molecule has 0 spiro atoms. The van der Waals surface area contributed by atoms with Crippen molar-refractivity contribution in [1.82, 2.24) is 24.6 Å². The Kier molecular flexibility index (Phi) is 9.34. The first-order valence-electron chi connectivity index (χ1n) is 11.3. The Morgan fingerprint density at radius 3 is 2.36 bits per heavy atom. The van der Waals surface area contributed by atoms with Gasteiger partial charge >= 0.3 is 0 Å². The molecule has 1 aliphatic carbocycles. The maximum absolute atomic E-state index is 7.94. The van der Waals surface area contributed by atoms with Crippen molar-refractivity contribution in [3.05, 3.63) is 42.7 Å². The Bertz CT molecular complexity index is 1130. The molecule has 0 unspecified atom stereocenters. The molecule has 0 bridgehead atoms. The minimum absolute atomic E-state index is 0.122. The van der Waals surface area contributed by atoms with Crippen LogP contribution in [0.1, 0.15) is 38.5 Å². The minimum atomic E-state index is 0.122. The molecule has 9 nitrogen and oxygen atoms in total. The number of aliphatic hydroxyl groups excluding tert-OH is 1. The maximum atomic E-state index is 7.94. The van der Waals surface area contributed by atoms with E-state index in [1.807, 2.05) is 36.5 Å². The monoisotopic (exact) mass is 451 g/mol. The van der Waals surface area contributed by atoms with Gasteiger partial charge in [0.15, 0.2) is 5.82 Å². The highest BCUT2D eigenvalue weighted by molar-refractivity contribution is 5.89. The van der Waals surface area contributed by atoms with E-state index in [-0.39, 0.29) is 12.6 Å². The van der Waals surface area contributed by atoms with Crippen LogP contribution in [0.4, 0.5) is 11.8 Å². The fourth-order valence-corrected chi connectivity index (χ4v) is 3.68. The lowest BCUT2D eigenvalue weighted by Gasteiger charge is -2.07. The summed E-state index contributed by atoms with van der Waals surface area (Å²) in [5.74, 6) is 0.884. The van der Waals surface area contributed by atoms with Crippen LogP contribution in [0, 0.1) is 0 Å². The van der Waals surface area contributed by atoms with Gasteiger partial charge in [-0.2, -0.15) is 4.98 Å². The first-order valence-corrected chi connectivity index (χ1v) is 11.3. The molecule has 1 fully saturated rings. The van der Waals surface area contributed by atoms with Crippen LogP contribution in [0.2, 0.25) is 0 Å². The van der Waals surface area contributed by atoms with E-state index >= 15 is 0 Å². The van der Waals surface area contributed by atoms with Crippen molar-refractivity contribution in [2.24, 2.45) is 0 Å². The van der Waals surface area contributed by atoms with Crippen molar-refractivity contribution < 1.29 is 9.84 Å². The number of nitrogens with one attached hydrogen (secondary N) is 1. The van der Waals surface area contributed by atoms with Gasteiger partial charge in [-0.15, -0.1) is 5.10 Å². The van der Waals surface area contributed by atoms with E-state index in [2.05, 4.69) is 30.1 Å². The van der Waals surface area contributed by atoms with Crippen LogP contribution in [0.15, 0.2) is 42.7 Å². The lowest BCUT2D eigenvalue weighted by Crippen LogP contribution is -2.05. The van der Waals surface area contributed by atoms with E-state index in [9.17, 15) is 0 Å². The molecule has 0 aromatic carbocycles. The molecular weight excluding hydrogens is 418 g/mol. The van der Waals surface area contributed by atoms with Crippen molar-refractivity contribution in [2.45, 2.75) is 38.5 Å². The van der Waals surface area contributed by atoms with Crippen LogP contribution in [-0.4, -0.2) is 57.0 Å². The van der Waals surface area contributed by atoms with Crippen LogP contribution < -0.4 is 11.1 Å². The van der Waals surface area contributed by atoms with Gasteiger partial charge in [-0.25, -0.2) is 9.50 Å².